The first-order valence-corrected chi connectivity index (χ1v) is 9.12. The van der Waals surface area contributed by atoms with E-state index in [0.29, 0.717) is 30.4 Å². The number of nitrogens with zero attached hydrogens (tertiary/aromatic N) is 2. The van der Waals surface area contributed by atoms with Crippen LogP contribution in [-0.2, 0) is 15.1 Å². The number of piperidine rings is 1. The van der Waals surface area contributed by atoms with E-state index < -0.39 is 17.5 Å². The van der Waals surface area contributed by atoms with Gasteiger partial charge in [0.2, 0.25) is 5.91 Å². The van der Waals surface area contributed by atoms with Crippen LogP contribution in [0.5, 0.6) is 5.75 Å². The van der Waals surface area contributed by atoms with Gasteiger partial charge in [0.25, 0.3) is 5.91 Å². The lowest BCUT2D eigenvalue weighted by Crippen LogP contribution is -2.48. The van der Waals surface area contributed by atoms with Crippen LogP contribution in [0.1, 0.15) is 25.3 Å². The van der Waals surface area contributed by atoms with Crippen molar-refractivity contribution in [3.63, 3.8) is 0 Å². The van der Waals surface area contributed by atoms with E-state index in [1.165, 1.54) is 0 Å². The number of benzene rings is 1. The molecule has 1 aromatic carbocycles. The van der Waals surface area contributed by atoms with Gasteiger partial charge in [-0.3, -0.25) is 14.5 Å². The third kappa shape index (κ3) is 3.62. The fraction of sp³-hybridized carbons (Fsp3) is 0.526. The van der Waals surface area contributed by atoms with Gasteiger partial charge in [-0.1, -0.05) is 12.1 Å². The van der Waals surface area contributed by atoms with Crippen molar-refractivity contribution in [3.8, 4) is 5.75 Å². The Morgan fingerprint density at radius 3 is 2.44 bits per heavy atom. The molecule has 146 valence electrons. The third-order valence-electron chi connectivity index (χ3n) is 5.49. The predicted octanol–water partition coefficient (Wildman–Crippen LogP) is 0.673. The number of imide groups is 1. The summed E-state index contributed by atoms with van der Waals surface area (Å²) >= 11 is 0. The van der Waals surface area contributed by atoms with Crippen LogP contribution in [0.25, 0.3) is 0 Å². The number of rotatable bonds is 5. The van der Waals surface area contributed by atoms with Crippen LogP contribution in [0.4, 0.5) is 4.79 Å². The summed E-state index contributed by atoms with van der Waals surface area (Å²) in [4.78, 5) is 40.7. The van der Waals surface area contributed by atoms with Gasteiger partial charge in [0.1, 0.15) is 17.8 Å². The smallest absolute Gasteiger partial charge is 0.325 e. The van der Waals surface area contributed by atoms with E-state index >= 15 is 0 Å². The van der Waals surface area contributed by atoms with Crippen molar-refractivity contribution in [1.29, 1.82) is 0 Å². The number of ether oxygens (including phenoxy) is 1. The van der Waals surface area contributed by atoms with Crippen molar-refractivity contribution >= 4 is 17.8 Å². The van der Waals surface area contributed by atoms with Crippen LogP contribution >= 0.6 is 0 Å². The Hall–Kier alpha value is -2.61. The lowest BCUT2D eigenvalue weighted by atomic mass is 9.92. The second kappa shape index (κ2) is 7.56. The zero-order chi connectivity index (χ0) is 19.6. The number of amides is 4. The lowest BCUT2D eigenvalue weighted by molar-refractivity contribution is -0.139. The molecule has 1 aromatic rings. The van der Waals surface area contributed by atoms with Crippen LogP contribution in [0.3, 0.4) is 0 Å². The molecule has 0 spiro atoms. The maximum absolute atomic E-state index is 12.9. The highest BCUT2D eigenvalue weighted by atomic mass is 16.5. The molecule has 1 unspecified atom stereocenters. The highest BCUT2D eigenvalue weighted by Crippen LogP contribution is 2.30. The van der Waals surface area contributed by atoms with E-state index in [-0.39, 0.29) is 12.5 Å². The van der Waals surface area contributed by atoms with Gasteiger partial charge in [-0.05, 0) is 44.5 Å². The van der Waals surface area contributed by atoms with Crippen LogP contribution in [0.2, 0.25) is 0 Å². The molecule has 0 aliphatic carbocycles. The Labute approximate surface area is 158 Å². The van der Waals surface area contributed by atoms with Gasteiger partial charge in [-0.25, -0.2) is 4.79 Å². The van der Waals surface area contributed by atoms with Gasteiger partial charge in [0, 0.05) is 19.1 Å². The maximum atomic E-state index is 12.9. The molecule has 0 aromatic heterocycles. The predicted molar refractivity (Wildman–Crippen MR) is 99.3 cm³/mol. The SMILES string of the molecule is CNC1CCN(C(=O)CN2C(=O)NC(C)(c3ccc(OC)cc3)C2=O)CC1. The molecular weight excluding hydrogens is 348 g/mol. The summed E-state index contributed by atoms with van der Waals surface area (Å²) in [6.07, 6.45) is 1.73. The topological polar surface area (TPSA) is 91.0 Å². The first kappa shape index (κ1) is 19.2. The van der Waals surface area contributed by atoms with Crippen LogP contribution in [0, 0.1) is 0 Å². The molecule has 3 rings (SSSR count). The van der Waals surface area contributed by atoms with Crippen molar-refractivity contribution in [2.75, 3.05) is 33.8 Å². The normalized spacial score (nSPS) is 23.5. The standard InChI is InChI=1S/C19H26N4O4/c1-19(13-4-6-15(27-3)7-5-13)17(25)23(18(26)21-19)12-16(24)22-10-8-14(20-2)9-11-22/h4-7,14,20H,8-12H2,1-3H3,(H,21,26). The highest BCUT2D eigenvalue weighted by molar-refractivity contribution is 6.09. The number of urea groups is 1. The van der Waals surface area contributed by atoms with Crippen LogP contribution in [0.15, 0.2) is 24.3 Å². The van der Waals surface area contributed by atoms with Gasteiger partial charge in [-0.2, -0.15) is 0 Å². The minimum Gasteiger partial charge on any atom is -0.497 e. The second-order valence-corrected chi connectivity index (χ2v) is 7.12. The van der Waals surface area contributed by atoms with Gasteiger partial charge < -0.3 is 20.3 Å². The second-order valence-electron chi connectivity index (χ2n) is 7.12. The Balaban J connectivity index is 1.69. The molecule has 0 bridgehead atoms. The number of carbonyl (C=O) groups excluding carboxylic acids is 3. The number of likely N-dealkylation sites (tertiary alicyclic amines) is 1. The minimum absolute atomic E-state index is 0.202. The Morgan fingerprint density at radius 2 is 1.89 bits per heavy atom. The molecule has 2 N–H and O–H groups in total. The molecule has 0 saturated carbocycles. The largest absolute Gasteiger partial charge is 0.497 e. The monoisotopic (exact) mass is 374 g/mol. The zero-order valence-electron chi connectivity index (χ0n) is 15.9. The number of hydrogen-bond donors (Lipinski definition) is 2. The maximum Gasteiger partial charge on any atom is 0.325 e. The Morgan fingerprint density at radius 1 is 1.26 bits per heavy atom. The van der Waals surface area contributed by atoms with Crippen LogP contribution in [-0.4, -0.2) is 67.5 Å². The van der Waals surface area contributed by atoms with Crippen LogP contribution < -0.4 is 15.4 Å². The average molecular weight is 374 g/mol. The summed E-state index contributed by atoms with van der Waals surface area (Å²) in [5.41, 5.74) is -0.547. The average Bonchev–Trinajstić information content (AvgIpc) is 2.92. The van der Waals surface area contributed by atoms with Crippen molar-refractivity contribution in [1.82, 2.24) is 20.4 Å². The molecule has 2 aliphatic rings. The molecule has 1 atom stereocenters. The molecule has 0 radical (unpaired) electrons. The molecule has 2 heterocycles. The number of methoxy groups -OCH3 is 1. The van der Waals surface area contributed by atoms with Gasteiger partial charge in [-0.15, -0.1) is 0 Å². The van der Waals surface area contributed by atoms with E-state index in [0.717, 1.165) is 17.7 Å². The van der Waals surface area contributed by atoms with Crippen molar-refractivity contribution in [2.24, 2.45) is 0 Å². The highest BCUT2D eigenvalue weighted by Gasteiger charge is 2.49. The Kier molecular flexibility index (Phi) is 5.36. The van der Waals surface area contributed by atoms with E-state index in [1.807, 2.05) is 7.05 Å². The minimum atomic E-state index is -1.19. The lowest BCUT2D eigenvalue weighted by Gasteiger charge is -2.32. The molecule has 2 saturated heterocycles. The summed E-state index contributed by atoms with van der Waals surface area (Å²) in [6.45, 7) is 2.67. The molecule has 8 heteroatoms. The summed E-state index contributed by atoms with van der Waals surface area (Å²) in [7, 11) is 3.47. The molecule has 2 aliphatic heterocycles. The molecular formula is C19H26N4O4. The quantitative estimate of drug-likeness (QED) is 0.740. The third-order valence-corrected chi connectivity index (χ3v) is 5.49. The molecule has 27 heavy (non-hydrogen) atoms. The fourth-order valence-electron chi connectivity index (χ4n) is 3.61. The van der Waals surface area contributed by atoms with E-state index in [9.17, 15) is 14.4 Å². The van der Waals surface area contributed by atoms with Gasteiger partial charge in [0.05, 0.1) is 7.11 Å². The van der Waals surface area contributed by atoms with E-state index in [2.05, 4.69) is 10.6 Å². The summed E-state index contributed by atoms with van der Waals surface area (Å²) in [6, 6.07) is 6.82. The summed E-state index contributed by atoms with van der Waals surface area (Å²) in [5, 5.41) is 5.94. The Bertz CT molecular complexity index is 728. The van der Waals surface area contributed by atoms with Gasteiger partial charge in [0.15, 0.2) is 0 Å². The number of hydrogen-bond acceptors (Lipinski definition) is 5. The van der Waals surface area contributed by atoms with E-state index in [4.69, 9.17) is 4.74 Å². The first-order valence-electron chi connectivity index (χ1n) is 9.12. The zero-order valence-corrected chi connectivity index (χ0v) is 15.9. The first-order chi connectivity index (χ1) is 12.9. The summed E-state index contributed by atoms with van der Waals surface area (Å²) < 4.78 is 5.13. The number of carbonyl (C=O) groups is 3. The molecule has 2 fully saturated rings. The van der Waals surface area contributed by atoms with E-state index in [1.54, 1.807) is 43.2 Å². The molecule has 8 nitrogen and oxygen atoms in total. The molecule has 4 amide bonds. The van der Waals surface area contributed by atoms with Gasteiger partial charge >= 0.3 is 6.03 Å². The fourth-order valence-corrected chi connectivity index (χ4v) is 3.61. The summed E-state index contributed by atoms with van der Waals surface area (Å²) in [5.74, 6) is 0.0410. The van der Waals surface area contributed by atoms with Crippen molar-refractivity contribution < 1.29 is 19.1 Å². The number of nitrogens with one attached hydrogen (secondary N) is 2. The van der Waals surface area contributed by atoms with Crippen molar-refractivity contribution in [2.45, 2.75) is 31.3 Å². The van der Waals surface area contributed by atoms with Crippen molar-refractivity contribution in [3.05, 3.63) is 29.8 Å².